The first kappa shape index (κ1) is 13.9. The summed E-state index contributed by atoms with van der Waals surface area (Å²) in [6, 6.07) is 5.44. The number of likely N-dealkylation sites (tertiary alicyclic amines) is 1. The van der Waals surface area contributed by atoms with Crippen molar-refractivity contribution in [3.8, 4) is 5.75 Å². The lowest BCUT2D eigenvalue weighted by Gasteiger charge is -2.34. The molecule has 2 atom stereocenters. The molecule has 1 aliphatic heterocycles. The zero-order valence-corrected chi connectivity index (χ0v) is 11.7. The number of β-amino-alcohol motifs (C(OH)–C–C–N with tert-alkyl or cyclic N) is 1. The number of aliphatic hydroxyl groups is 1. The Morgan fingerprint density at radius 3 is 2.79 bits per heavy atom. The fourth-order valence-corrected chi connectivity index (χ4v) is 2.41. The van der Waals surface area contributed by atoms with Gasteiger partial charge in [-0.25, -0.2) is 0 Å². The van der Waals surface area contributed by atoms with Gasteiger partial charge in [0.1, 0.15) is 5.75 Å². The van der Waals surface area contributed by atoms with Crippen LogP contribution in [0.3, 0.4) is 0 Å². The summed E-state index contributed by atoms with van der Waals surface area (Å²) in [5, 5.41) is 9.88. The van der Waals surface area contributed by atoms with Crippen molar-refractivity contribution in [2.45, 2.75) is 26.4 Å². The van der Waals surface area contributed by atoms with E-state index in [9.17, 15) is 9.90 Å². The number of methoxy groups -OCH3 is 1. The summed E-state index contributed by atoms with van der Waals surface area (Å²) in [4.78, 5) is 14.2. The first-order valence-corrected chi connectivity index (χ1v) is 6.65. The highest BCUT2D eigenvalue weighted by atomic mass is 16.5. The molecule has 1 amide bonds. The molecule has 1 aromatic rings. The van der Waals surface area contributed by atoms with E-state index in [1.54, 1.807) is 24.1 Å². The van der Waals surface area contributed by atoms with Gasteiger partial charge in [-0.15, -0.1) is 0 Å². The summed E-state index contributed by atoms with van der Waals surface area (Å²) in [5.41, 5.74) is 1.58. The number of carbonyl (C=O) groups is 1. The summed E-state index contributed by atoms with van der Waals surface area (Å²) in [5.74, 6) is 1.01. The zero-order valence-electron chi connectivity index (χ0n) is 11.7. The van der Waals surface area contributed by atoms with Gasteiger partial charge < -0.3 is 14.7 Å². The van der Waals surface area contributed by atoms with Gasteiger partial charge in [-0.1, -0.05) is 6.92 Å². The van der Waals surface area contributed by atoms with Gasteiger partial charge in [0.15, 0.2) is 0 Å². The maximum Gasteiger partial charge on any atom is 0.254 e. The Morgan fingerprint density at radius 2 is 2.21 bits per heavy atom. The van der Waals surface area contributed by atoms with Gasteiger partial charge in [0.2, 0.25) is 0 Å². The van der Waals surface area contributed by atoms with Gasteiger partial charge >= 0.3 is 0 Å². The van der Waals surface area contributed by atoms with Crippen LogP contribution in [0.15, 0.2) is 18.2 Å². The highest BCUT2D eigenvalue weighted by Gasteiger charge is 2.28. The van der Waals surface area contributed by atoms with Crippen molar-refractivity contribution >= 4 is 5.91 Å². The lowest BCUT2D eigenvalue weighted by molar-refractivity contribution is 0.0248. The van der Waals surface area contributed by atoms with Crippen LogP contribution in [-0.4, -0.2) is 42.2 Å². The van der Waals surface area contributed by atoms with Crippen molar-refractivity contribution in [2.75, 3.05) is 20.2 Å². The molecule has 2 unspecified atom stereocenters. The second kappa shape index (κ2) is 5.61. The summed E-state index contributed by atoms with van der Waals surface area (Å²) in [7, 11) is 1.61. The minimum atomic E-state index is -0.420. The van der Waals surface area contributed by atoms with E-state index in [1.165, 1.54) is 0 Å². The molecule has 4 nitrogen and oxygen atoms in total. The molecule has 0 bridgehead atoms. The molecule has 19 heavy (non-hydrogen) atoms. The minimum absolute atomic E-state index is 0.00824. The van der Waals surface area contributed by atoms with Crippen LogP contribution in [0, 0.1) is 12.8 Å². The number of benzene rings is 1. The number of aliphatic hydroxyl groups excluding tert-OH is 1. The Bertz CT molecular complexity index is 472. The van der Waals surface area contributed by atoms with Crippen LogP contribution < -0.4 is 4.74 Å². The van der Waals surface area contributed by atoms with E-state index in [-0.39, 0.29) is 11.8 Å². The molecule has 0 saturated carbocycles. The predicted octanol–water partition coefficient (Wildman–Crippen LogP) is 1.85. The monoisotopic (exact) mass is 263 g/mol. The maximum atomic E-state index is 12.4. The number of hydrogen-bond acceptors (Lipinski definition) is 3. The highest BCUT2D eigenvalue weighted by Crippen LogP contribution is 2.22. The molecule has 1 heterocycles. The van der Waals surface area contributed by atoms with Crippen LogP contribution in [0.4, 0.5) is 0 Å². The van der Waals surface area contributed by atoms with Crippen molar-refractivity contribution < 1.29 is 14.6 Å². The van der Waals surface area contributed by atoms with Crippen molar-refractivity contribution in [3.05, 3.63) is 29.3 Å². The number of piperidine rings is 1. The maximum absolute atomic E-state index is 12.4. The third-order valence-corrected chi connectivity index (χ3v) is 3.87. The second-order valence-corrected chi connectivity index (χ2v) is 5.27. The Labute approximate surface area is 114 Å². The Balaban J connectivity index is 2.16. The van der Waals surface area contributed by atoms with Gasteiger partial charge in [-0.05, 0) is 43.0 Å². The largest absolute Gasteiger partial charge is 0.497 e. The third-order valence-electron chi connectivity index (χ3n) is 3.87. The molecule has 1 saturated heterocycles. The van der Waals surface area contributed by atoms with Crippen LogP contribution in [0.25, 0.3) is 0 Å². The Kier molecular flexibility index (Phi) is 4.10. The Morgan fingerprint density at radius 1 is 1.47 bits per heavy atom. The van der Waals surface area contributed by atoms with E-state index in [4.69, 9.17) is 4.74 Å². The van der Waals surface area contributed by atoms with E-state index in [0.717, 1.165) is 17.7 Å². The molecule has 2 rings (SSSR count). The zero-order chi connectivity index (χ0) is 14.0. The topological polar surface area (TPSA) is 49.8 Å². The fourth-order valence-electron chi connectivity index (χ4n) is 2.41. The summed E-state index contributed by atoms with van der Waals surface area (Å²) in [6.07, 6.45) is 0.429. The van der Waals surface area contributed by atoms with E-state index < -0.39 is 6.10 Å². The second-order valence-electron chi connectivity index (χ2n) is 5.27. The molecule has 0 spiro atoms. The van der Waals surface area contributed by atoms with E-state index in [0.29, 0.717) is 18.7 Å². The third kappa shape index (κ3) is 2.89. The smallest absolute Gasteiger partial charge is 0.254 e. The lowest BCUT2D eigenvalue weighted by atomic mass is 9.95. The number of aryl methyl sites for hydroxylation is 1. The molecule has 104 valence electrons. The molecule has 4 heteroatoms. The van der Waals surface area contributed by atoms with Gasteiger partial charge in [-0.3, -0.25) is 4.79 Å². The molecule has 1 N–H and O–H groups in total. The molecular weight excluding hydrogens is 242 g/mol. The molecule has 0 aromatic heterocycles. The number of amides is 1. The van der Waals surface area contributed by atoms with Crippen LogP contribution in [-0.2, 0) is 0 Å². The molecule has 1 fully saturated rings. The van der Waals surface area contributed by atoms with Crippen LogP contribution in [0.1, 0.15) is 29.3 Å². The molecule has 1 aliphatic rings. The first-order valence-electron chi connectivity index (χ1n) is 6.65. The molecular formula is C15H21NO3. The van der Waals surface area contributed by atoms with Gasteiger partial charge in [0.05, 0.1) is 13.2 Å². The SMILES string of the molecule is COc1ccc(C(=O)N2CCC(C)C(O)C2)c(C)c1. The van der Waals surface area contributed by atoms with E-state index in [2.05, 4.69) is 0 Å². The number of carbonyl (C=O) groups excluding carboxylic acids is 1. The lowest BCUT2D eigenvalue weighted by Crippen LogP contribution is -2.46. The molecule has 1 aromatic carbocycles. The molecule has 0 radical (unpaired) electrons. The van der Waals surface area contributed by atoms with Crippen molar-refractivity contribution in [3.63, 3.8) is 0 Å². The van der Waals surface area contributed by atoms with Gasteiger partial charge in [-0.2, -0.15) is 0 Å². The summed E-state index contributed by atoms with van der Waals surface area (Å²) in [6.45, 7) is 5.05. The predicted molar refractivity (Wildman–Crippen MR) is 73.4 cm³/mol. The number of ether oxygens (including phenoxy) is 1. The average Bonchev–Trinajstić information content (AvgIpc) is 2.41. The van der Waals surface area contributed by atoms with Crippen LogP contribution >= 0.6 is 0 Å². The highest BCUT2D eigenvalue weighted by molar-refractivity contribution is 5.95. The van der Waals surface area contributed by atoms with Crippen molar-refractivity contribution in [1.82, 2.24) is 4.90 Å². The standard InChI is InChI=1S/C15H21NO3/c1-10-6-7-16(9-14(10)17)15(18)13-5-4-12(19-3)8-11(13)2/h4-5,8,10,14,17H,6-7,9H2,1-3H3. The first-order chi connectivity index (χ1) is 9.02. The quantitative estimate of drug-likeness (QED) is 0.886. The average molecular weight is 263 g/mol. The van der Waals surface area contributed by atoms with Gasteiger partial charge in [0, 0.05) is 18.7 Å². The molecule has 0 aliphatic carbocycles. The van der Waals surface area contributed by atoms with Crippen LogP contribution in [0.2, 0.25) is 0 Å². The van der Waals surface area contributed by atoms with Crippen molar-refractivity contribution in [1.29, 1.82) is 0 Å². The number of hydrogen-bond donors (Lipinski definition) is 1. The number of nitrogens with zero attached hydrogens (tertiary/aromatic N) is 1. The Hall–Kier alpha value is -1.55. The van der Waals surface area contributed by atoms with E-state index in [1.807, 2.05) is 19.9 Å². The normalized spacial score (nSPS) is 23.3. The number of rotatable bonds is 2. The van der Waals surface area contributed by atoms with E-state index >= 15 is 0 Å². The fraction of sp³-hybridized carbons (Fsp3) is 0.533. The summed E-state index contributed by atoms with van der Waals surface area (Å²) < 4.78 is 5.14. The van der Waals surface area contributed by atoms with Gasteiger partial charge in [0.25, 0.3) is 5.91 Å². The summed E-state index contributed by atoms with van der Waals surface area (Å²) >= 11 is 0. The van der Waals surface area contributed by atoms with Crippen LogP contribution in [0.5, 0.6) is 5.75 Å². The van der Waals surface area contributed by atoms with Crippen molar-refractivity contribution in [2.24, 2.45) is 5.92 Å². The minimum Gasteiger partial charge on any atom is -0.497 e.